The van der Waals surface area contributed by atoms with Crippen molar-refractivity contribution >= 4 is 0 Å². The summed E-state index contributed by atoms with van der Waals surface area (Å²) in [5.74, 6) is 0.980. The minimum Gasteiger partial charge on any atom is -0.491 e. The average Bonchev–Trinajstić information content (AvgIpc) is 2.67. The normalized spacial score (nSPS) is 12.1. The number of unbranched alkanes of at least 4 members (excludes halogenated alkanes) is 5. The molecule has 2 aromatic rings. The van der Waals surface area contributed by atoms with Gasteiger partial charge in [0.05, 0.1) is 6.10 Å². The highest BCUT2D eigenvalue weighted by atomic mass is 16.5. The van der Waals surface area contributed by atoms with Gasteiger partial charge in [-0.05, 0) is 61.4 Å². The van der Waals surface area contributed by atoms with Crippen LogP contribution >= 0.6 is 0 Å². The molecule has 0 saturated carbocycles. The molecule has 0 fully saturated rings. The second-order valence-corrected chi connectivity index (χ2v) is 7.46. The van der Waals surface area contributed by atoms with E-state index in [0.717, 1.165) is 12.2 Å². The third-order valence-electron chi connectivity index (χ3n) is 5.01. The fraction of sp³-hybridized carbons (Fsp3) is 0.520. The van der Waals surface area contributed by atoms with Crippen LogP contribution in [0.25, 0.3) is 11.1 Å². The smallest absolute Gasteiger partial charge is 0.119 e. The summed E-state index contributed by atoms with van der Waals surface area (Å²) in [6.07, 6.45) is 11.7. The summed E-state index contributed by atoms with van der Waals surface area (Å²) >= 11 is 0. The summed E-state index contributed by atoms with van der Waals surface area (Å²) in [7, 11) is 0. The Bertz CT molecular complexity index is 597. The van der Waals surface area contributed by atoms with E-state index in [2.05, 4.69) is 69.3 Å². The van der Waals surface area contributed by atoms with E-state index >= 15 is 0 Å². The summed E-state index contributed by atoms with van der Waals surface area (Å²) in [4.78, 5) is 0. The molecule has 26 heavy (non-hydrogen) atoms. The quantitative estimate of drug-likeness (QED) is 0.354. The van der Waals surface area contributed by atoms with Gasteiger partial charge in [0.1, 0.15) is 5.75 Å². The van der Waals surface area contributed by atoms with Crippen molar-refractivity contribution in [1.29, 1.82) is 0 Å². The van der Waals surface area contributed by atoms with Crippen LogP contribution < -0.4 is 4.74 Å². The molecule has 0 aromatic heterocycles. The van der Waals surface area contributed by atoms with Gasteiger partial charge in [-0.2, -0.15) is 0 Å². The number of aryl methyl sites for hydroxylation is 1. The van der Waals surface area contributed by atoms with Crippen LogP contribution in [0.4, 0.5) is 0 Å². The lowest BCUT2D eigenvalue weighted by Crippen LogP contribution is -2.11. The van der Waals surface area contributed by atoms with Gasteiger partial charge in [0.15, 0.2) is 0 Å². The lowest BCUT2D eigenvalue weighted by atomic mass is 10.0. The summed E-state index contributed by atoms with van der Waals surface area (Å²) < 4.78 is 6.06. The van der Waals surface area contributed by atoms with Crippen molar-refractivity contribution in [2.75, 3.05) is 0 Å². The molecule has 0 amide bonds. The van der Waals surface area contributed by atoms with E-state index in [-0.39, 0.29) is 0 Å². The molecule has 0 radical (unpaired) electrons. The predicted octanol–water partition coefficient (Wildman–Crippen LogP) is 7.82. The number of rotatable bonds is 12. The first-order valence-corrected chi connectivity index (χ1v) is 10.6. The predicted molar refractivity (Wildman–Crippen MR) is 114 cm³/mol. The molecule has 0 bridgehead atoms. The van der Waals surface area contributed by atoms with Crippen molar-refractivity contribution in [3.8, 4) is 16.9 Å². The van der Waals surface area contributed by atoms with Gasteiger partial charge in [-0.1, -0.05) is 82.3 Å². The highest BCUT2D eigenvalue weighted by Crippen LogP contribution is 2.24. The van der Waals surface area contributed by atoms with Crippen LogP contribution in [0.5, 0.6) is 5.75 Å². The Hall–Kier alpha value is -1.76. The van der Waals surface area contributed by atoms with E-state index in [1.807, 2.05) is 0 Å². The van der Waals surface area contributed by atoms with E-state index in [0.29, 0.717) is 6.10 Å². The lowest BCUT2D eigenvalue weighted by Gasteiger charge is -2.15. The molecule has 2 aromatic carbocycles. The molecule has 0 saturated heterocycles. The lowest BCUT2D eigenvalue weighted by molar-refractivity contribution is 0.206. The van der Waals surface area contributed by atoms with Crippen LogP contribution in [0, 0.1) is 0 Å². The van der Waals surface area contributed by atoms with Crippen LogP contribution in [0.15, 0.2) is 48.5 Å². The summed E-state index contributed by atoms with van der Waals surface area (Å²) in [5, 5.41) is 0. The highest BCUT2D eigenvalue weighted by Gasteiger charge is 2.05. The Morgan fingerprint density at radius 3 is 1.88 bits per heavy atom. The minimum absolute atomic E-state index is 0.292. The van der Waals surface area contributed by atoms with E-state index < -0.39 is 0 Å². The molecule has 1 heteroatoms. The summed E-state index contributed by atoms with van der Waals surface area (Å²) in [6, 6.07) is 17.6. The first kappa shape index (κ1) is 20.6. The minimum atomic E-state index is 0.292. The van der Waals surface area contributed by atoms with Gasteiger partial charge in [-0.25, -0.2) is 0 Å². The zero-order chi connectivity index (χ0) is 18.6. The van der Waals surface area contributed by atoms with Crippen molar-refractivity contribution in [3.63, 3.8) is 0 Å². The van der Waals surface area contributed by atoms with E-state index in [1.54, 1.807) is 0 Å². The fourth-order valence-electron chi connectivity index (χ4n) is 3.32. The van der Waals surface area contributed by atoms with E-state index in [4.69, 9.17) is 4.74 Å². The van der Waals surface area contributed by atoms with Gasteiger partial charge in [-0.3, -0.25) is 0 Å². The van der Waals surface area contributed by atoms with E-state index in [9.17, 15) is 0 Å². The Balaban J connectivity index is 1.84. The van der Waals surface area contributed by atoms with Gasteiger partial charge in [0.2, 0.25) is 0 Å². The molecular formula is C25H36O. The molecule has 0 N–H and O–H groups in total. The first-order chi connectivity index (χ1) is 12.7. The number of hydrogen-bond acceptors (Lipinski definition) is 1. The van der Waals surface area contributed by atoms with Crippen molar-refractivity contribution in [1.82, 2.24) is 0 Å². The van der Waals surface area contributed by atoms with Gasteiger partial charge >= 0.3 is 0 Å². The summed E-state index contributed by atoms with van der Waals surface area (Å²) in [6.45, 7) is 6.68. The molecule has 142 valence electrons. The van der Waals surface area contributed by atoms with Gasteiger partial charge in [0, 0.05) is 0 Å². The molecule has 0 aliphatic carbocycles. The van der Waals surface area contributed by atoms with Gasteiger partial charge in [-0.15, -0.1) is 0 Å². The largest absolute Gasteiger partial charge is 0.491 e. The second kappa shape index (κ2) is 11.8. The van der Waals surface area contributed by atoms with Crippen LogP contribution in [0.2, 0.25) is 0 Å². The molecule has 2 rings (SSSR count). The summed E-state index contributed by atoms with van der Waals surface area (Å²) in [5.41, 5.74) is 3.98. The molecular weight excluding hydrogens is 316 g/mol. The maximum Gasteiger partial charge on any atom is 0.119 e. The van der Waals surface area contributed by atoms with Crippen LogP contribution in [0.1, 0.15) is 77.7 Å². The third kappa shape index (κ3) is 7.23. The van der Waals surface area contributed by atoms with Gasteiger partial charge < -0.3 is 4.74 Å². The Labute approximate surface area is 160 Å². The average molecular weight is 353 g/mol. The molecule has 1 nitrogen and oxygen atoms in total. The van der Waals surface area contributed by atoms with Crippen molar-refractivity contribution in [3.05, 3.63) is 54.1 Å². The highest BCUT2D eigenvalue weighted by molar-refractivity contribution is 5.64. The topological polar surface area (TPSA) is 9.23 Å². The standard InChI is InChI=1S/C25H36O/c1-4-6-8-10-11-21(3)26-25-19-17-24(18-20-25)23-15-13-22(14-16-23)12-9-7-5-2/h13-21H,4-12H2,1-3H3. The van der Waals surface area contributed by atoms with Crippen LogP contribution in [-0.2, 0) is 6.42 Å². The Morgan fingerprint density at radius 2 is 1.27 bits per heavy atom. The van der Waals surface area contributed by atoms with E-state index in [1.165, 1.54) is 68.1 Å². The molecule has 1 atom stereocenters. The zero-order valence-electron chi connectivity index (χ0n) is 17.0. The van der Waals surface area contributed by atoms with Crippen molar-refractivity contribution in [2.45, 2.75) is 84.7 Å². The monoisotopic (exact) mass is 352 g/mol. The number of ether oxygens (including phenoxy) is 1. The fourth-order valence-corrected chi connectivity index (χ4v) is 3.32. The van der Waals surface area contributed by atoms with Gasteiger partial charge in [0.25, 0.3) is 0 Å². The number of hydrogen-bond donors (Lipinski definition) is 0. The van der Waals surface area contributed by atoms with Crippen LogP contribution in [0.3, 0.4) is 0 Å². The molecule has 0 aliphatic heterocycles. The molecule has 1 unspecified atom stereocenters. The molecule has 0 aliphatic rings. The molecule has 0 heterocycles. The molecule has 0 spiro atoms. The third-order valence-corrected chi connectivity index (χ3v) is 5.01. The van der Waals surface area contributed by atoms with Crippen molar-refractivity contribution in [2.24, 2.45) is 0 Å². The van der Waals surface area contributed by atoms with Crippen molar-refractivity contribution < 1.29 is 4.74 Å². The zero-order valence-corrected chi connectivity index (χ0v) is 17.0. The maximum absolute atomic E-state index is 6.06. The SMILES string of the molecule is CCCCCCC(C)Oc1ccc(-c2ccc(CCCCC)cc2)cc1. The Morgan fingerprint density at radius 1 is 0.692 bits per heavy atom. The second-order valence-electron chi connectivity index (χ2n) is 7.46. The van der Waals surface area contributed by atoms with Crippen LogP contribution in [-0.4, -0.2) is 6.10 Å². The first-order valence-electron chi connectivity index (χ1n) is 10.6. The maximum atomic E-state index is 6.06. The number of benzene rings is 2. The Kier molecular flexibility index (Phi) is 9.31.